The van der Waals surface area contributed by atoms with Crippen LogP contribution in [-0.2, 0) is 0 Å². The molecule has 72 valence electrons. The van der Waals surface area contributed by atoms with Gasteiger partial charge in [0.1, 0.15) is 11.4 Å². The van der Waals surface area contributed by atoms with Gasteiger partial charge in [-0.3, -0.25) is 4.98 Å². The van der Waals surface area contributed by atoms with Crippen LogP contribution in [0, 0.1) is 0 Å². The normalized spacial score (nSPS) is 11.3. The average molecular weight is 179 g/mol. The molecule has 0 saturated carbocycles. The van der Waals surface area contributed by atoms with E-state index in [2.05, 4.69) is 25.8 Å². The van der Waals surface area contributed by atoms with E-state index in [1.165, 1.54) is 0 Å². The highest BCUT2D eigenvalue weighted by molar-refractivity contribution is 5.16. The highest BCUT2D eigenvalue weighted by Crippen LogP contribution is 2.20. The van der Waals surface area contributed by atoms with E-state index in [0.29, 0.717) is 0 Å². The van der Waals surface area contributed by atoms with Crippen molar-refractivity contribution in [2.24, 2.45) is 0 Å². The molecule has 0 unspecified atom stereocenters. The summed E-state index contributed by atoms with van der Waals surface area (Å²) in [5.41, 5.74) is -0.0855. The van der Waals surface area contributed by atoms with E-state index in [4.69, 9.17) is 4.74 Å². The first kappa shape index (κ1) is 10.0. The monoisotopic (exact) mass is 179 g/mol. The Labute approximate surface area is 80.0 Å². The smallest absolute Gasteiger partial charge is 0.138 e. The van der Waals surface area contributed by atoms with Crippen molar-refractivity contribution < 1.29 is 4.74 Å². The van der Waals surface area contributed by atoms with Crippen LogP contribution in [0.5, 0.6) is 5.75 Å². The topological polar surface area (TPSA) is 22.1 Å². The maximum Gasteiger partial charge on any atom is 0.138 e. The van der Waals surface area contributed by atoms with Gasteiger partial charge in [-0.2, -0.15) is 0 Å². The third-order valence-corrected chi connectivity index (χ3v) is 1.88. The highest BCUT2D eigenvalue weighted by atomic mass is 16.5. The third-order valence-electron chi connectivity index (χ3n) is 1.88. The van der Waals surface area contributed by atoms with E-state index >= 15 is 0 Å². The van der Waals surface area contributed by atoms with Crippen molar-refractivity contribution >= 4 is 0 Å². The molecule has 0 fully saturated rings. The summed E-state index contributed by atoms with van der Waals surface area (Å²) >= 11 is 0. The molecule has 0 aliphatic heterocycles. The lowest BCUT2D eigenvalue weighted by Crippen LogP contribution is -2.27. The molecule has 0 spiro atoms. The Kier molecular flexibility index (Phi) is 3.29. The fourth-order valence-corrected chi connectivity index (χ4v) is 1.38. The van der Waals surface area contributed by atoms with Gasteiger partial charge in [-0.1, -0.05) is 13.3 Å². The van der Waals surface area contributed by atoms with Crippen LogP contribution in [0.1, 0.15) is 33.6 Å². The standard InChI is InChI=1S/C11H17NO/c1-4-7-11(2,3)13-10-6-5-8-12-9-10/h5-6,8-9H,4,7H2,1-3H3. The maximum absolute atomic E-state index is 5.78. The molecule has 0 saturated heterocycles. The summed E-state index contributed by atoms with van der Waals surface area (Å²) in [6, 6.07) is 3.82. The highest BCUT2D eigenvalue weighted by Gasteiger charge is 2.17. The summed E-state index contributed by atoms with van der Waals surface area (Å²) in [6.07, 6.45) is 5.69. The lowest BCUT2D eigenvalue weighted by molar-refractivity contribution is 0.0981. The van der Waals surface area contributed by atoms with E-state index < -0.39 is 0 Å². The fraction of sp³-hybridized carbons (Fsp3) is 0.545. The van der Waals surface area contributed by atoms with Crippen molar-refractivity contribution in [3.63, 3.8) is 0 Å². The number of pyridine rings is 1. The van der Waals surface area contributed by atoms with Crippen molar-refractivity contribution in [1.29, 1.82) is 0 Å². The van der Waals surface area contributed by atoms with E-state index in [0.717, 1.165) is 18.6 Å². The molecule has 13 heavy (non-hydrogen) atoms. The molecule has 2 nitrogen and oxygen atoms in total. The minimum Gasteiger partial charge on any atom is -0.486 e. The molecule has 0 radical (unpaired) electrons. The van der Waals surface area contributed by atoms with Crippen LogP contribution in [-0.4, -0.2) is 10.6 Å². The zero-order chi connectivity index (χ0) is 9.73. The van der Waals surface area contributed by atoms with Crippen LogP contribution in [0.15, 0.2) is 24.5 Å². The Morgan fingerprint density at radius 1 is 1.46 bits per heavy atom. The molecule has 0 amide bonds. The van der Waals surface area contributed by atoms with Gasteiger partial charge in [-0.05, 0) is 32.4 Å². The molecule has 0 aromatic carbocycles. The average Bonchev–Trinajstić information content (AvgIpc) is 2.04. The van der Waals surface area contributed by atoms with Gasteiger partial charge in [0.15, 0.2) is 0 Å². The summed E-state index contributed by atoms with van der Waals surface area (Å²) in [6.45, 7) is 6.36. The minimum atomic E-state index is -0.0855. The van der Waals surface area contributed by atoms with Gasteiger partial charge in [-0.15, -0.1) is 0 Å². The number of hydrogen-bond acceptors (Lipinski definition) is 2. The first-order chi connectivity index (χ1) is 6.14. The molecule has 0 aliphatic carbocycles. The Morgan fingerprint density at radius 3 is 2.77 bits per heavy atom. The Morgan fingerprint density at radius 2 is 2.23 bits per heavy atom. The molecule has 2 heteroatoms. The Bertz CT molecular complexity index is 244. The summed E-state index contributed by atoms with van der Waals surface area (Å²) in [5.74, 6) is 0.848. The summed E-state index contributed by atoms with van der Waals surface area (Å²) in [7, 11) is 0. The quantitative estimate of drug-likeness (QED) is 0.708. The van der Waals surface area contributed by atoms with Gasteiger partial charge < -0.3 is 4.74 Å². The number of rotatable bonds is 4. The summed E-state index contributed by atoms with van der Waals surface area (Å²) < 4.78 is 5.78. The SMILES string of the molecule is CCCC(C)(C)Oc1cccnc1. The second-order valence-corrected chi connectivity index (χ2v) is 3.80. The van der Waals surface area contributed by atoms with E-state index in [1.807, 2.05) is 12.1 Å². The van der Waals surface area contributed by atoms with E-state index in [9.17, 15) is 0 Å². The number of hydrogen-bond donors (Lipinski definition) is 0. The van der Waals surface area contributed by atoms with Crippen LogP contribution < -0.4 is 4.74 Å². The van der Waals surface area contributed by atoms with Crippen LogP contribution >= 0.6 is 0 Å². The summed E-state index contributed by atoms with van der Waals surface area (Å²) in [4.78, 5) is 4.00. The van der Waals surface area contributed by atoms with Gasteiger partial charge in [0, 0.05) is 6.20 Å². The van der Waals surface area contributed by atoms with Crippen molar-refractivity contribution in [2.75, 3.05) is 0 Å². The van der Waals surface area contributed by atoms with Gasteiger partial charge in [-0.25, -0.2) is 0 Å². The van der Waals surface area contributed by atoms with Crippen molar-refractivity contribution in [2.45, 2.75) is 39.2 Å². The molecule has 0 aliphatic rings. The number of nitrogens with zero attached hydrogens (tertiary/aromatic N) is 1. The van der Waals surface area contributed by atoms with Crippen molar-refractivity contribution in [3.05, 3.63) is 24.5 Å². The lowest BCUT2D eigenvalue weighted by atomic mass is 10.0. The number of aromatic nitrogens is 1. The predicted octanol–water partition coefficient (Wildman–Crippen LogP) is 3.04. The minimum absolute atomic E-state index is 0.0855. The Balaban J connectivity index is 2.58. The van der Waals surface area contributed by atoms with Gasteiger partial charge in [0.05, 0.1) is 6.20 Å². The third kappa shape index (κ3) is 3.45. The summed E-state index contributed by atoms with van der Waals surface area (Å²) in [5, 5.41) is 0. The van der Waals surface area contributed by atoms with Crippen molar-refractivity contribution in [3.8, 4) is 5.75 Å². The van der Waals surface area contributed by atoms with Gasteiger partial charge >= 0.3 is 0 Å². The molecule has 0 N–H and O–H groups in total. The lowest BCUT2D eigenvalue weighted by Gasteiger charge is -2.25. The molecule has 1 aromatic heterocycles. The van der Waals surface area contributed by atoms with Crippen LogP contribution in [0.3, 0.4) is 0 Å². The molecule has 0 atom stereocenters. The first-order valence-electron chi connectivity index (χ1n) is 4.73. The first-order valence-corrected chi connectivity index (χ1v) is 4.73. The second-order valence-electron chi connectivity index (χ2n) is 3.80. The predicted molar refractivity (Wildman–Crippen MR) is 53.9 cm³/mol. The Hall–Kier alpha value is -1.05. The van der Waals surface area contributed by atoms with Crippen LogP contribution in [0.25, 0.3) is 0 Å². The molecule has 1 heterocycles. The molecule has 1 rings (SSSR count). The maximum atomic E-state index is 5.78. The van der Waals surface area contributed by atoms with Crippen molar-refractivity contribution in [1.82, 2.24) is 4.98 Å². The van der Waals surface area contributed by atoms with Gasteiger partial charge in [0.2, 0.25) is 0 Å². The van der Waals surface area contributed by atoms with Crippen LogP contribution in [0.2, 0.25) is 0 Å². The van der Waals surface area contributed by atoms with Crippen LogP contribution in [0.4, 0.5) is 0 Å². The zero-order valence-corrected chi connectivity index (χ0v) is 8.58. The second kappa shape index (κ2) is 4.26. The number of ether oxygens (including phenoxy) is 1. The molecular weight excluding hydrogens is 162 g/mol. The van der Waals surface area contributed by atoms with E-state index in [-0.39, 0.29) is 5.60 Å². The van der Waals surface area contributed by atoms with E-state index in [1.54, 1.807) is 12.4 Å². The molecule has 0 bridgehead atoms. The largest absolute Gasteiger partial charge is 0.486 e. The zero-order valence-electron chi connectivity index (χ0n) is 8.58. The molecule has 1 aromatic rings. The fourth-order valence-electron chi connectivity index (χ4n) is 1.38. The molecular formula is C11H17NO. The van der Waals surface area contributed by atoms with Gasteiger partial charge in [0.25, 0.3) is 0 Å².